The second kappa shape index (κ2) is 12.0. The van der Waals surface area contributed by atoms with Crippen LogP contribution < -0.4 is 16.4 Å². The highest BCUT2D eigenvalue weighted by molar-refractivity contribution is 6.05. The minimum atomic E-state index is -0.203. The molecule has 0 saturated carbocycles. The van der Waals surface area contributed by atoms with E-state index in [9.17, 15) is 9.59 Å². The molecule has 0 spiro atoms. The van der Waals surface area contributed by atoms with Crippen molar-refractivity contribution >= 4 is 40.7 Å². The summed E-state index contributed by atoms with van der Waals surface area (Å²) < 4.78 is 7.04. The maximum atomic E-state index is 13.2. The summed E-state index contributed by atoms with van der Waals surface area (Å²) in [4.78, 5) is 41.7. The first-order chi connectivity index (χ1) is 21.6. The highest BCUT2D eigenvalue weighted by Crippen LogP contribution is 2.29. The Kier molecular flexibility index (Phi) is 7.94. The molecule has 0 bridgehead atoms. The highest BCUT2D eigenvalue weighted by atomic mass is 16.5. The summed E-state index contributed by atoms with van der Waals surface area (Å²) in [5, 5.41) is 6.36. The SMILES string of the molecule is Cc1c(NC(=O)c2ccc(C(C)(C)C)cc2)cccc1-c1nc(Nc2ccc(C(=O)N3CCOCC3)cc2)n2cc(N)nc2n1. The Balaban J connectivity index is 1.26. The van der Waals surface area contributed by atoms with Crippen molar-refractivity contribution in [1.29, 1.82) is 0 Å². The van der Waals surface area contributed by atoms with Gasteiger partial charge in [0.15, 0.2) is 5.82 Å². The number of aromatic nitrogens is 4. The normalized spacial score (nSPS) is 13.6. The monoisotopic (exact) mass is 604 g/mol. The number of ether oxygens (including phenoxy) is 1. The maximum Gasteiger partial charge on any atom is 0.255 e. The molecule has 1 saturated heterocycles. The van der Waals surface area contributed by atoms with E-state index in [4.69, 9.17) is 15.5 Å². The number of fused-ring (bicyclic) bond motifs is 1. The van der Waals surface area contributed by atoms with Gasteiger partial charge < -0.3 is 26.0 Å². The fraction of sp³-hybridized carbons (Fsp3) is 0.265. The molecule has 3 heterocycles. The molecule has 1 aliphatic heterocycles. The summed E-state index contributed by atoms with van der Waals surface area (Å²) >= 11 is 0. The highest BCUT2D eigenvalue weighted by Gasteiger charge is 2.20. The molecule has 11 heteroatoms. The van der Waals surface area contributed by atoms with E-state index >= 15 is 0 Å². The van der Waals surface area contributed by atoms with Gasteiger partial charge in [0, 0.05) is 41.2 Å². The minimum Gasteiger partial charge on any atom is -0.382 e. The van der Waals surface area contributed by atoms with Crippen molar-refractivity contribution in [3.63, 3.8) is 0 Å². The molecule has 0 radical (unpaired) electrons. The van der Waals surface area contributed by atoms with Gasteiger partial charge >= 0.3 is 0 Å². The van der Waals surface area contributed by atoms with Crippen molar-refractivity contribution < 1.29 is 14.3 Å². The molecule has 2 amide bonds. The number of morpholine rings is 1. The summed E-state index contributed by atoms with van der Waals surface area (Å²) in [5.41, 5.74) is 11.3. The summed E-state index contributed by atoms with van der Waals surface area (Å²) in [5.74, 6) is 1.30. The largest absolute Gasteiger partial charge is 0.382 e. The average molecular weight is 605 g/mol. The Bertz CT molecular complexity index is 1870. The number of carbonyl (C=O) groups is 2. The summed E-state index contributed by atoms with van der Waals surface area (Å²) in [6, 6.07) is 20.5. The van der Waals surface area contributed by atoms with E-state index in [1.165, 1.54) is 0 Å². The fourth-order valence-electron chi connectivity index (χ4n) is 5.21. The number of nitrogens with zero attached hydrogens (tertiary/aromatic N) is 5. The number of rotatable bonds is 6. The zero-order chi connectivity index (χ0) is 31.7. The van der Waals surface area contributed by atoms with E-state index in [1.807, 2.05) is 61.5 Å². The number of carbonyl (C=O) groups excluding carboxylic acids is 2. The lowest BCUT2D eigenvalue weighted by Gasteiger charge is -2.26. The molecule has 0 aliphatic carbocycles. The lowest BCUT2D eigenvalue weighted by Crippen LogP contribution is -2.40. The molecular formula is C34H36N8O3. The van der Waals surface area contributed by atoms with Gasteiger partial charge in [-0.25, -0.2) is 0 Å². The molecule has 2 aromatic heterocycles. The predicted octanol–water partition coefficient (Wildman–Crippen LogP) is 5.45. The van der Waals surface area contributed by atoms with Crippen LogP contribution in [-0.2, 0) is 10.2 Å². The standard InChI is InChI=1S/C34H36N8O3/c1-21-26(6-5-7-27(21)37-30(43)22-8-12-24(13-9-22)34(2,3)4)29-39-32(42-20-28(35)38-33(42)40-29)36-25-14-10-23(11-15-25)31(44)41-16-18-45-19-17-41/h5-15,20H,16-19,35H2,1-4H3,(H,37,43)(H,36,38,39,40). The van der Waals surface area contributed by atoms with Crippen LogP contribution in [0.25, 0.3) is 17.2 Å². The molecule has 0 atom stereocenters. The minimum absolute atomic E-state index is 0.000212. The van der Waals surface area contributed by atoms with Gasteiger partial charge in [-0.15, -0.1) is 0 Å². The molecule has 230 valence electrons. The second-order valence-electron chi connectivity index (χ2n) is 12.1. The van der Waals surface area contributed by atoms with Gasteiger partial charge in [0.05, 0.1) is 19.4 Å². The van der Waals surface area contributed by atoms with Crippen LogP contribution in [0.2, 0.25) is 0 Å². The van der Waals surface area contributed by atoms with E-state index in [-0.39, 0.29) is 17.2 Å². The number of nitrogens with two attached hydrogens (primary N) is 1. The second-order valence-corrected chi connectivity index (χ2v) is 12.1. The summed E-state index contributed by atoms with van der Waals surface area (Å²) in [6.45, 7) is 10.6. The van der Waals surface area contributed by atoms with Crippen LogP contribution in [0.1, 0.15) is 52.6 Å². The molecule has 5 aromatic rings. The van der Waals surface area contributed by atoms with Crippen LogP contribution in [0.15, 0.2) is 72.9 Å². The van der Waals surface area contributed by atoms with Gasteiger partial charge in [-0.1, -0.05) is 45.0 Å². The Labute approximate surface area is 261 Å². The summed E-state index contributed by atoms with van der Waals surface area (Å²) in [6.07, 6.45) is 1.65. The third-order valence-electron chi connectivity index (χ3n) is 7.87. The number of hydrogen-bond acceptors (Lipinski definition) is 8. The van der Waals surface area contributed by atoms with Gasteiger partial charge in [0.25, 0.3) is 11.8 Å². The first-order valence-electron chi connectivity index (χ1n) is 14.9. The third kappa shape index (κ3) is 6.34. The van der Waals surface area contributed by atoms with E-state index in [2.05, 4.69) is 41.4 Å². The van der Waals surface area contributed by atoms with Gasteiger partial charge in [0.1, 0.15) is 5.82 Å². The quantitative estimate of drug-likeness (QED) is 0.233. The van der Waals surface area contributed by atoms with Crippen molar-refractivity contribution in [2.24, 2.45) is 0 Å². The molecule has 45 heavy (non-hydrogen) atoms. The van der Waals surface area contributed by atoms with Crippen molar-refractivity contribution in [2.45, 2.75) is 33.1 Å². The maximum absolute atomic E-state index is 13.2. The fourth-order valence-corrected chi connectivity index (χ4v) is 5.21. The topological polar surface area (TPSA) is 140 Å². The molecule has 1 fully saturated rings. The first-order valence-corrected chi connectivity index (χ1v) is 14.9. The van der Waals surface area contributed by atoms with Crippen molar-refractivity contribution in [2.75, 3.05) is 42.7 Å². The number of hydrogen-bond donors (Lipinski definition) is 3. The molecule has 4 N–H and O–H groups in total. The van der Waals surface area contributed by atoms with Crippen LogP contribution in [0, 0.1) is 6.92 Å². The third-order valence-corrected chi connectivity index (χ3v) is 7.87. The lowest BCUT2D eigenvalue weighted by molar-refractivity contribution is 0.0303. The van der Waals surface area contributed by atoms with Crippen LogP contribution in [0.4, 0.5) is 23.1 Å². The Morgan fingerprint density at radius 1 is 0.889 bits per heavy atom. The summed E-state index contributed by atoms with van der Waals surface area (Å²) in [7, 11) is 0. The van der Waals surface area contributed by atoms with E-state index in [0.29, 0.717) is 66.5 Å². The number of imidazole rings is 1. The smallest absolute Gasteiger partial charge is 0.255 e. The van der Waals surface area contributed by atoms with Gasteiger partial charge in [-0.2, -0.15) is 15.0 Å². The van der Waals surface area contributed by atoms with Gasteiger partial charge in [0.2, 0.25) is 11.7 Å². The number of anilines is 4. The molecule has 11 nitrogen and oxygen atoms in total. The predicted molar refractivity (Wildman–Crippen MR) is 175 cm³/mol. The Hall–Kier alpha value is -5.29. The number of nitrogen functional groups attached to an aromatic ring is 1. The number of benzene rings is 3. The van der Waals surface area contributed by atoms with Crippen molar-refractivity contribution in [3.8, 4) is 11.4 Å². The number of amides is 2. The number of nitrogens with one attached hydrogen (secondary N) is 2. The molecule has 1 aliphatic rings. The molecular weight excluding hydrogens is 568 g/mol. The van der Waals surface area contributed by atoms with E-state index in [0.717, 1.165) is 22.4 Å². The van der Waals surface area contributed by atoms with Gasteiger partial charge in [-0.05, 0) is 65.9 Å². The molecule has 0 unspecified atom stereocenters. The Morgan fingerprint density at radius 3 is 2.27 bits per heavy atom. The zero-order valence-electron chi connectivity index (χ0n) is 25.8. The van der Waals surface area contributed by atoms with E-state index < -0.39 is 0 Å². The van der Waals surface area contributed by atoms with Crippen LogP contribution in [-0.4, -0.2) is 62.4 Å². The molecule has 3 aromatic carbocycles. The lowest BCUT2D eigenvalue weighted by atomic mass is 9.86. The van der Waals surface area contributed by atoms with Crippen molar-refractivity contribution in [3.05, 3.63) is 95.2 Å². The average Bonchev–Trinajstić information content (AvgIpc) is 3.42. The first kappa shape index (κ1) is 29.8. The van der Waals surface area contributed by atoms with Gasteiger partial charge in [-0.3, -0.25) is 14.0 Å². The van der Waals surface area contributed by atoms with Crippen LogP contribution in [0.3, 0.4) is 0 Å². The zero-order valence-corrected chi connectivity index (χ0v) is 25.8. The molecule has 6 rings (SSSR count). The Morgan fingerprint density at radius 2 is 1.58 bits per heavy atom. The van der Waals surface area contributed by atoms with Crippen LogP contribution >= 0.6 is 0 Å². The van der Waals surface area contributed by atoms with E-state index in [1.54, 1.807) is 27.6 Å². The van der Waals surface area contributed by atoms with Crippen LogP contribution in [0.5, 0.6) is 0 Å². The van der Waals surface area contributed by atoms with Crippen molar-refractivity contribution in [1.82, 2.24) is 24.3 Å².